The second-order valence-corrected chi connectivity index (χ2v) is 8.55. The molecule has 0 aromatic heterocycles. The van der Waals surface area contributed by atoms with Gasteiger partial charge in [-0.3, -0.25) is 14.9 Å². The number of benzene rings is 3. The van der Waals surface area contributed by atoms with Crippen LogP contribution >= 0.6 is 0 Å². The van der Waals surface area contributed by atoms with Crippen molar-refractivity contribution in [3.05, 3.63) is 106 Å². The van der Waals surface area contributed by atoms with Crippen molar-refractivity contribution in [2.75, 3.05) is 25.1 Å². The van der Waals surface area contributed by atoms with Crippen LogP contribution in [0.3, 0.4) is 0 Å². The third-order valence-electron chi connectivity index (χ3n) is 6.35. The lowest BCUT2D eigenvalue weighted by atomic mass is 9.88. The van der Waals surface area contributed by atoms with Crippen LogP contribution in [0.25, 0.3) is 6.08 Å². The van der Waals surface area contributed by atoms with Gasteiger partial charge in [-0.05, 0) is 53.7 Å². The zero-order valence-electron chi connectivity index (χ0n) is 19.7. The van der Waals surface area contributed by atoms with Gasteiger partial charge in [0.15, 0.2) is 0 Å². The summed E-state index contributed by atoms with van der Waals surface area (Å²) in [5.41, 5.74) is 3.46. The summed E-state index contributed by atoms with van der Waals surface area (Å²) in [6.45, 7) is 1.87. The Bertz CT molecular complexity index is 1200. The number of nitrogens with zero attached hydrogens (tertiary/aromatic N) is 2. The standard InChI is InChI=1S/C28H29N3O4/c1-35-27-10-6-5-9-24(27)23-15-17-30(18-16-23)25-13-11-21(19-26(25)31(33)34)12-14-28(32)29-20-22-7-3-2-4-8-22/h2-14,19,23H,15-18,20H2,1H3,(H,29,32)/b14-12+. The van der Waals surface area contributed by atoms with Crippen LogP contribution in [0.4, 0.5) is 11.4 Å². The van der Waals surface area contributed by atoms with E-state index in [2.05, 4.69) is 16.3 Å². The van der Waals surface area contributed by atoms with Gasteiger partial charge < -0.3 is 15.0 Å². The minimum atomic E-state index is -0.353. The van der Waals surface area contributed by atoms with E-state index in [0.29, 0.717) is 23.7 Å². The fraction of sp³-hybridized carbons (Fsp3) is 0.250. The first kappa shape index (κ1) is 24.0. The molecule has 0 unspecified atom stereocenters. The van der Waals surface area contributed by atoms with Gasteiger partial charge in [-0.1, -0.05) is 54.6 Å². The van der Waals surface area contributed by atoms with Crippen LogP contribution in [0.5, 0.6) is 5.75 Å². The summed E-state index contributed by atoms with van der Waals surface area (Å²) in [5.74, 6) is 0.998. The highest BCUT2D eigenvalue weighted by molar-refractivity contribution is 5.92. The molecule has 180 valence electrons. The number of nitro benzene ring substituents is 1. The fourth-order valence-corrected chi connectivity index (χ4v) is 4.51. The number of amides is 1. The van der Waals surface area contributed by atoms with Gasteiger partial charge in [0, 0.05) is 31.8 Å². The Morgan fingerprint density at radius 1 is 1.09 bits per heavy atom. The predicted molar refractivity (Wildman–Crippen MR) is 138 cm³/mol. The molecule has 1 N–H and O–H groups in total. The molecular weight excluding hydrogens is 442 g/mol. The number of hydrogen-bond donors (Lipinski definition) is 1. The van der Waals surface area contributed by atoms with Crippen molar-refractivity contribution in [2.24, 2.45) is 0 Å². The monoisotopic (exact) mass is 471 g/mol. The summed E-state index contributed by atoms with van der Waals surface area (Å²) in [7, 11) is 1.68. The maximum Gasteiger partial charge on any atom is 0.293 e. The van der Waals surface area contributed by atoms with Gasteiger partial charge in [-0.25, -0.2) is 0 Å². The molecule has 1 saturated heterocycles. The molecule has 0 spiro atoms. The van der Waals surface area contributed by atoms with E-state index in [1.165, 1.54) is 17.7 Å². The molecule has 1 aliphatic heterocycles. The number of carbonyl (C=O) groups is 1. The van der Waals surface area contributed by atoms with Gasteiger partial charge >= 0.3 is 0 Å². The van der Waals surface area contributed by atoms with E-state index in [9.17, 15) is 14.9 Å². The van der Waals surface area contributed by atoms with Crippen LogP contribution in [-0.2, 0) is 11.3 Å². The minimum Gasteiger partial charge on any atom is -0.496 e. The Kier molecular flexibility index (Phi) is 7.77. The number of para-hydroxylation sites is 1. The summed E-state index contributed by atoms with van der Waals surface area (Å²) in [5, 5.41) is 14.7. The van der Waals surface area contributed by atoms with Crippen LogP contribution in [0.15, 0.2) is 78.9 Å². The van der Waals surface area contributed by atoms with Crippen LogP contribution in [0.2, 0.25) is 0 Å². The van der Waals surface area contributed by atoms with E-state index < -0.39 is 0 Å². The average molecular weight is 472 g/mol. The summed E-state index contributed by atoms with van der Waals surface area (Å²) in [4.78, 5) is 25.7. The van der Waals surface area contributed by atoms with Crippen molar-refractivity contribution in [1.82, 2.24) is 5.32 Å². The summed E-state index contributed by atoms with van der Waals surface area (Å²) in [6, 6.07) is 22.8. The highest BCUT2D eigenvalue weighted by Gasteiger charge is 2.27. The first-order valence-corrected chi connectivity index (χ1v) is 11.7. The molecule has 1 heterocycles. The van der Waals surface area contributed by atoms with Crippen molar-refractivity contribution >= 4 is 23.4 Å². The number of nitrogens with one attached hydrogen (secondary N) is 1. The average Bonchev–Trinajstić information content (AvgIpc) is 2.91. The van der Waals surface area contributed by atoms with Gasteiger partial charge in [-0.15, -0.1) is 0 Å². The smallest absolute Gasteiger partial charge is 0.293 e. The van der Waals surface area contributed by atoms with E-state index in [1.54, 1.807) is 19.3 Å². The highest BCUT2D eigenvalue weighted by atomic mass is 16.6. The molecule has 0 atom stereocenters. The highest BCUT2D eigenvalue weighted by Crippen LogP contribution is 2.38. The summed E-state index contributed by atoms with van der Waals surface area (Å²) >= 11 is 0. The molecular formula is C28H29N3O4. The van der Waals surface area contributed by atoms with Gasteiger partial charge in [0.25, 0.3) is 5.69 Å². The molecule has 1 aliphatic rings. The molecule has 0 bridgehead atoms. The fourth-order valence-electron chi connectivity index (χ4n) is 4.51. The van der Waals surface area contributed by atoms with E-state index in [4.69, 9.17) is 4.74 Å². The normalized spacial score (nSPS) is 14.1. The number of nitro groups is 1. The molecule has 7 nitrogen and oxygen atoms in total. The number of ether oxygens (including phenoxy) is 1. The molecule has 1 amide bonds. The Morgan fingerprint density at radius 3 is 2.51 bits per heavy atom. The van der Waals surface area contributed by atoms with Gasteiger partial charge in [-0.2, -0.15) is 0 Å². The number of carbonyl (C=O) groups excluding carboxylic acids is 1. The lowest BCUT2D eigenvalue weighted by molar-refractivity contribution is -0.384. The Balaban J connectivity index is 1.41. The van der Waals surface area contributed by atoms with Gasteiger partial charge in [0.05, 0.1) is 12.0 Å². The SMILES string of the molecule is COc1ccccc1C1CCN(c2ccc(/C=C/C(=O)NCc3ccccc3)cc2[N+](=O)[O-])CC1. The van der Waals surface area contributed by atoms with E-state index in [0.717, 1.165) is 37.2 Å². The molecule has 1 fully saturated rings. The molecule has 0 radical (unpaired) electrons. The van der Waals surface area contributed by atoms with Crippen LogP contribution < -0.4 is 15.0 Å². The molecule has 0 aliphatic carbocycles. The molecule has 3 aromatic rings. The van der Waals surface area contributed by atoms with Crippen LogP contribution in [0.1, 0.15) is 35.4 Å². The third-order valence-corrected chi connectivity index (χ3v) is 6.35. The van der Waals surface area contributed by atoms with Crippen molar-refractivity contribution in [3.8, 4) is 5.75 Å². The maximum atomic E-state index is 12.2. The van der Waals surface area contributed by atoms with Crippen LogP contribution in [-0.4, -0.2) is 31.0 Å². The van der Waals surface area contributed by atoms with E-state index in [1.807, 2.05) is 54.6 Å². The number of hydrogen-bond acceptors (Lipinski definition) is 5. The van der Waals surface area contributed by atoms with Crippen LogP contribution in [0, 0.1) is 10.1 Å². The lowest BCUT2D eigenvalue weighted by Crippen LogP contribution is -2.33. The number of piperidine rings is 1. The zero-order chi connectivity index (χ0) is 24.6. The number of anilines is 1. The van der Waals surface area contributed by atoms with Gasteiger partial charge in [0.1, 0.15) is 11.4 Å². The molecule has 4 rings (SSSR count). The maximum absolute atomic E-state index is 12.2. The predicted octanol–water partition coefficient (Wildman–Crippen LogP) is 5.32. The third kappa shape index (κ3) is 6.06. The van der Waals surface area contributed by atoms with E-state index in [-0.39, 0.29) is 16.5 Å². The molecule has 0 saturated carbocycles. The second-order valence-electron chi connectivity index (χ2n) is 8.55. The number of methoxy groups -OCH3 is 1. The second kappa shape index (κ2) is 11.3. The minimum absolute atomic E-state index is 0.0487. The first-order valence-electron chi connectivity index (χ1n) is 11.7. The topological polar surface area (TPSA) is 84.7 Å². The first-order chi connectivity index (χ1) is 17.0. The van der Waals surface area contributed by atoms with Gasteiger partial charge in [0.2, 0.25) is 5.91 Å². The summed E-state index contributed by atoms with van der Waals surface area (Å²) in [6.07, 6.45) is 4.78. The Hall–Kier alpha value is -4.13. The molecule has 7 heteroatoms. The van der Waals surface area contributed by atoms with Crippen molar-refractivity contribution < 1.29 is 14.5 Å². The number of rotatable bonds is 8. The quantitative estimate of drug-likeness (QED) is 0.273. The Labute approximate surface area is 205 Å². The van der Waals surface area contributed by atoms with Crippen molar-refractivity contribution in [3.63, 3.8) is 0 Å². The van der Waals surface area contributed by atoms with Crippen molar-refractivity contribution in [1.29, 1.82) is 0 Å². The lowest BCUT2D eigenvalue weighted by Gasteiger charge is -2.34. The summed E-state index contributed by atoms with van der Waals surface area (Å²) < 4.78 is 5.51. The molecule has 35 heavy (non-hydrogen) atoms. The Morgan fingerprint density at radius 2 is 1.80 bits per heavy atom. The molecule has 3 aromatic carbocycles. The largest absolute Gasteiger partial charge is 0.496 e. The van der Waals surface area contributed by atoms with E-state index >= 15 is 0 Å². The zero-order valence-corrected chi connectivity index (χ0v) is 19.7. The van der Waals surface area contributed by atoms with Crippen molar-refractivity contribution in [2.45, 2.75) is 25.3 Å².